The molecule has 3 N–H and O–H groups in total. The van der Waals surface area contributed by atoms with Crippen molar-refractivity contribution >= 4 is 11.6 Å². The van der Waals surface area contributed by atoms with Gasteiger partial charge in [-0.3, -0.25) is 9.89 Å². The first-order valence-corrected chi connectivity index (χ1v) is 6.17. The summed E-state index contributed by atoms with van der Waals surface area (Å²) < 4.78 is 0. The van der Waals surface area contributed by atoms with E-state index in [1.165, 1.54) is 0 Å². The number of aromatic amines is 1. The highest BCUT2D eigenvalue weighted by Crippen LogP contribution is 2.26. The Bertz CT molecular complexity index is 399. The summed E-state index contributed by atoms with van der Waals surface area (Å²) >= 11 is 0. The molecular formula is C12H20N4O. The third-order valence-corrected chi connectivity index (χ3v) is 3.65. The zero-order chi connectivity index (χ0) is 12.5. The molecular weight excluding hydrogens is 216 g/mol. The molecule has 0 radical (unpaired) electrons. The van der Waals surface area contributed by atoms with Crippen LogP contribution in [-0.2, 0) is 4.79 Å². The van der Waals surface area contributed by atoms with E-state index >= 15 is 0 Å². The van der Waals surface area contributed by atoms with Crippen molar-refractivity contribution in [3.8, 4) is 0 Å². The fraction of sp³-hybridized carbons (Fsp3) is 0.667. The second-order valence-electron chi connectivity index (χ2n) is 4.73. The molecule has 0 spiro atoms. The van der Waals surface area contributed by atoms with Crippen LogP contribution in [0.1, 0.15) is 37.6 Å². The topological polar surface area (TPSA) is 69.8 Å². The van der Waals surface area contributed by atoms with Crippen molar-refractivity contribution in [2.45, 2.75) is 45.6 Å². The summed E-state index contributed by atoms with van der Waals surface area (Å²) in [7, 11) is 0. The first-order chi connectivity index (χ1) is 8.09. The van der Waals surface area contributed by atoms with Gasteiger partial charge in [-0.05, 0) is 39.7 Å². The van der Waals surface area contributed by atoms with Gasteiger partial charge in [-0.1, -0.05) is 6.92 Å². The van der Waals surface area contributed by atoms with Crippen LogP contribution < -0.4 is 10.6 Å². The van der Waals surface area contributed by atoms with Gasteiger partial charge in [0.25, 0.3) is 0 Å². The number of aryl methyl sites for hydroxylation is 2. The normalized spacial score (nSPS) is 23.9. The number of amides is 1. The minimum Gasteiger partial charge on any atom is -0.321 e. The Hall–Kier alpha value is -1.36. The molecule has 1 fully saturated rings. The van der Waals surface area contributed by atoms with E-state index in [9.17, 15) is 4.79 Å². The van der Waals surface area contributed by atoms with Gasteiger partial charge in [-0.25, -0.2) is 0 Å². The van der Waals surface area contributed by atoms with Gasteiger partial charge in [0.2, 0.25) is 5.91 Å². The predicted octanol–water partition coefficient (Wildman–Crippen LogP) is 1.50. The van der Waals surface area contributed by atoms with Crippen LogP contribution in [0, 0.1) is 13.8 Å². The second-order valence-corrected chi connectivity index (χ2v) is 4.73. The molecule has 1 amide bonds. The highest BCUT2D eigenvalue weighted by atomic mass is 16.2. The molecule has 1 aliphatic rings. The first-order valence-electron chi connectivity index (χ1n) is 6.17. The Kier molecular flexibility index (Phi) is 3.19. The summed E-state index contributed by atoms with van der Waals surface area (Å²) in [6.45, 7) is 6.77. The van der Waals surface area contributed by atoms with E-state index in [4.69, 9.17) is 0 Å². The van der Waals surface area contributed by atoms with Gasteiger partial charge < -0.3 is 10.6 Å². The average Bonchev–Trinajstić information content (AvgIpc) is 2.91. The summed E-state index contributed by atoms with van der Waals surface area (Å²) in [5.74, 6) is 0.0603. The fourth-order valence-electron chi connectivity index (χ4n) is 2.43. The molecule has 2 heterocycles. The van der Waals surface area contributed by atoms with Gasteiger partial charge in [0.15, 0.2) is 0 Å². The van der Waals surface area contributed by atoms with E-state index in [2.05, 4.69) is 20.8 Å². The van der Waals surface area contributed by atoms with E-state index in [-0.39, 0.29) is 5.91 Å². The lowest BCUT2D eigenvalue weighted by atomic mass is 9.93. The molecule has 94 valence electrons. The second kappa shape index (κ2) is 4.49. The van der Waals surface area contributed by atoms with Gasteiger partial charge >= 0.3 is 0 Å². The number of carbonyl (C=O) groups is 1. The highest BCUT2D eigenvalue weighted by molar-refractivity contribution is 5.99. The van der Waals surface area contributed by atoms with E-state index in [1.807, 2.05) is 20.8 Å². The van der Waals surface area contributed by atoms with Crippen LogP contribution >= 0.6 is 0 Å². The van der Waals surface area contributed by atoms with Gasteiger partial charge in [-0.15, -0.1) is 0 Å². The number of nitrogens with zero attached hydrogens (tertiary/aromatic N) is 1. The summed E-state index contributed by atoms with van der Waals surface area (Å²) in [6, 6.07) is 0. The van der Waals surface area contributed by atoms with Crippen molar-refractivity contribution in [1.29, 1.82) is 0 Å². The Balaban J connectivity index is 2.16. The standard InChI is InChI=1S/C12H20N4O/c1-4-12(6-5-7-13-12)11(17)14-10-8(2)15-16-9(10)3/h13H,4-7H2,1-3H3,(H,14,17)(H,15,16). The summed E-state index contributed by atoms with van der Waals surface area (Å²) in [5.41, 5.74) is 2.16. The molecule has 5 heteroatoms. The van der Waals surface area contributed by atoms with Crippen molar-refractivity contribution in [3.63, 3.8) is 0 Å². The molecule has 1 aliphatic heterocycles. The van der Waals surface area contributed by atoms with Crippen molar-refractivity contribution in [1.82, 2.24) is 15.5 Å². The van der Waals surface area contributed by atoms with E-state index < -0.39 is 5.54 Å². The largest absolute Gasteiger partial charge is 0.321 e. The van der Waals surface area contributed by atoms with Crippen molar-refractivity contribution < 1.29 is 4.79 Å². The average molecular weight is 236 g/mol. The van der Waals surface area contributed by atoms with Gasteiger partial charge in [0, 0.05) is 0 Å². The van der Waals surface area contributed by atoms with Crippen LogP contribution in [0.15, 0.2) is 0 Å². The zero-order valence-electron chi connectivity index (χ0n) is 10.7. The third kappa shape index (κ3) is 2.07. The van der Waals surface area contributed by atoms with Crippen LogP contribution in [-0.4, -0.2) is 28.2 Å². The molecule has 1 aromatic heterocycles. The maximum absolute atomic E-state index is 12.4. The Morgan fingerprint density at radius 2 is 2.29 bits per heavy atom. The van der Waals surface area contributed by atoms with Crippen LogP contribution in [0.5, 0.6) is 0 Å². The number of anilines is 1. The van der Waals surface area contributed by atoms with Crippen molar-refractivity contribution in [2.24, 2.45) is 0 Å². The smallest absolute Gasteiger partial charge is 0.244 e. The van der Waals surface area contributed by atoms with E-state index in [0.717, 1.165) is 42.9 Å². The predicted molar refractivity (Wildman–Crippen MR) is 67.0 cm³/mol. The maximum atomic E-state index is 12.4. The number of hydrogen-bond acceptors (Lipinski definition) is 3. The molecule has 17 heavy (non-hydrogen) atoms. The minimum absolute atomic E-state index is 0.0603. The number of nitrogens with one attached hydrogen (secondary N) is 3. The SMILES string of the molecule is CCC1(C(=O)Nc2c(C)n[nH]c2C)CCCN1. The fourth-order valence-corrected chi connectivity index (χ4v) is 2.43. The third-order valence-electron chi connectivity index (χ3n) is 3.65. The van der Waals surface area contributed by atoms with Gasteiger partial charge in [0.1, 0.15) is 0 Å². The number of rotatable bonds is 3. The lowest BCUT2D eigenvalue weighted by molar-refractivity contribution is -0.122. The quantitative estimate of drug-likeness (QED) is 0.745. The number of carbonyl (C=O) groups excluding carboxylic acids is 1. The summed E-state index contributed by atoms with van der Waals surface area (Å²) in [4.78, 5) is 12.4. The van der Waals surface area contributed by atoms with Crippen LogP contribution in [0.3, 0.4) is 0 Å². The number of aromatic nitrogens is 2. The van der Waals surface area contributed by atoms with Gasteiger partial charge in [-0.2, -0.15) is 5.10 Å². The zero-order valence-corrected chi connectivity index (χ0v) is 10.7. The molecule has 2 rings (SSSR count). The Morgan fingerprint density at radius 3 is 2.76 bits per heavy atom. The van der Waals surface area contributed by atoms with Gasteiger partial charge in [0.05, 0.1) is 22.6 Å². The molecule has 0 aliphatic carbocycles. The molecule has 0 bridgehead atoms. The Morgan fingerprint density at radius 1 is 1.53 bits per heavy atom. The lowest BCUT2D eigenvalue weighted by Gasteiger charge is -2.26. The van der Waals surface area contributed by atoms with Crippen molar-refractivity contribution in [3.05, 3.63) is 11.4 Å². The van der Waals surface area contributed by atoms with Crippen LogP contribution in [0.2, 0.25) is 0 Å². The highest BCUT2D eigenvalue weighted by Gasteiger charge is 2.39. The molecule has 1 aromatic rings. The molecule has 1 atom stereocenters. The molecule has 1 unspecified atom stereocenters. The van der Waals surface area contributed by atoms with Crippen LogP contribution in [0.4, 0.5) is 5.69 Å². The summed E-state index contributed by atoms with van der Waals surface area (Å²) in [5, 5.41) is 13.3. The number of hydrogen-bond donors (Lipinski definition) is 3. The molecule has 0 saturated carbocycles. The minimum atomic E-state index is -0.393. The number of H-pyrrole nitrogens is 1. The monoisotopic (exact) mass is 236 g/mol. The van der Waals surface area contributed by atoms with E-state index in [0.29, 0.717) is 0 Å². The molecule has 0 aromatic carbocycles. The first kappa shape index (κ1) is 12.1. The van der Waals surface area contributed by atoms with Crippen molar-refractivity contribution in [2.75, 3.05) is 11.9 Å². The molecule has 1 saturated heterocycles. The summed E-state index contributed by atoms with van der Waals surface area (Å²) in [6.07, 6.45) is 2.78. The van der Waals surface area contributed by atoms with E-state index in [1.54, 1.807) is 0 Å². The lowest BCUT2D eigenvalue weighted by Crippen LogP contribution is -2.50. The van der Waals surface area contributed by atoms with Crippen LogP contribution in [0.25, 0.3) is 0 Å². The maximum Gasteiger partial charge on any atom is 0.244 e. The Labute approximate surface area is 101 Å². The molecule has 5 nitrogen and oxygen atoms in total.